The number of furan rings is 1. The predicted molar refractivity (Wildman–Crippen MR) is 97.0 cm³/mol. The molecule has 1 N–H and O–H groups in total. The zero-order valence-corrected chi connectivity index (χ0v) is 15.8. The molecule has 9 heteroatoms. The molecule has 1 aliphatic heterocycles. The Morgan fingerprint density at radius 2 is 1.96 bits per heavy atom. The molecule has 0 radical (unpaired) electrons. The highest BCUT2D eigenvalue weighted by Crippen LogP contribution is 2.33. The van der Waals surface area contributed by atoms with Crippen molar-refractivity contribution >= 4 is 15.9 Å². The maximum absolute atomic E-state index is 13.0. The van der Waals surface area contributed by atoms with Gasteiger partial charge in [0, 0.05) is 12.6 Å². The minimum atomic E-state index is -3.85. The van der Waals surface area contributed by atoms with Crippen LogP contribution >= 0.6 is 0 Å². The molecule has 1 amide bonds. The van der Waals surface area contributed by atoms with Crippen molar-refractivity contribution in [2.75, 3.05) is 26.3 Å². The van der Waals surface area contributed by atoms with Crippen molar-refractivity contribution in [3.05, 3.63) is 42.4 Å². The molecule has 0 atom stereocenters. The maximum Gasteiger partial charge on any atom is 0.243 e. The number of hydrogen-bond donors (Lipinski definition) is 1. The molecule has 1 aliphatic rings. The first-order chi connectivity index (χ1) is 13.0. The van der Waals surface area contributed by atoms with Crippen molar-refractivity contribution in [2.45, 2.75) is 24.8 Å². The second-order valence-electron chi connectivity index (χ2n) is 6.00. The van der Waals surface area contributed by atoms with Gasteiger partial charge >= 0.3 is 0 Å². The first kappa shape index (κ1) is 19.2. The van der Waals surface area contributed by atoms with Crippen LogP contribution in [0.3, 0.4) is 0 Å². The zero-order chi connectivity index (χ0) is 19.3. The molecule has 0 bridgehead atoms. The molecule has 8 nitrogen and oxygen atoms in total. The lowest BCUT2D eigenvalue weighted by molar-refractivity contribution is -0.121. The minimum absolute atomic E-state index is 0.0686. The lowest BCUT2D eigenvalue weighted by Crippen LogP contribution is -2.40. The van der Waals surface area contributed by atoms with Gasteiger partial charge in [0.25, 0.3) is 0 Å². The number of carbonyl (C=O) groups is 1. The number of benzene rings is 1. The van der Waals surface area contributed by atoms with Gasteiger partial charge in [-0.2, -0.15) is 4.31 Å². The summed E-state index contributed by atoms with van der Waals surface area (Å²) in [4.78, 5) is 12.3. The van der Waals surface area contributed by atoms with Gasteiger partial charge in [-0.25, -0.2) is 8.42 Å². The predicted octanol–water partition coefficient (Wildman–Crippen LogP) is 1.77. The number of rotatable bonds is 8. The van der Waals surface area contributed by atoms with Crippen LogP contribution in [-0.4, -0.2) is 44.9 Å². The normalized spacial score (nSPS) is 13.6. The Balaban J connectivity index is 1.73. The van der Waals surface area contributed by atoms with Gasteiger partial charge in [0.05, 0.1) is 24.2 Å². The van der Waals surface area contributed by atoms with Crippen molar-refractivity contribution in [3.8, 4) is 11.5 Å². The van der Waals surface area contributed by atoms with E-state index in [4.69, 9.17) is 13.9 Å². The molecule has 0 saturated carbocycles. The van der Waals surface area contributed by atoms with E-state index in [9.17, 15) is 13.2 Å². The second-order valence-corrected chi connectivity index (χ2v) is 7.94. The van der Waals surface area contributed by atoms with E-state index in [-0.39, 0.29) is 24.5 Å². The summed E-state index contributed by atoms with van der Waals surface area (Å²) in [6.07, 6.45) is 2.09. The summed E-state index contributed by atoms with van der Waals surface area (Å²) < 4.78 is 43.2. The summed E-state index contributed by atoms with van der Waals surface area (Å²) in [7, 11) is -3.85. The fourth-order valence-corrected chi connectivity index (χ4v) is 4.19. The average Bonchev–Trinajstić information content (AvgIpc) is 3.19. The van der Waals surface area contributed by atoms with Crippen molar-refractivity contribution in [3.63, 3.8) is 0 Å². The topological polar surface area (TPSA) is 98.1 Å². The third-order valence-corrected chi connectivity index (χ3v) is 5.83. The molecule has 146 valence electrons. The standard InChI is InChI=1S/C18H22N2O6S/c1-2-7-20(13-18(21)19-12-14-4-3-8-24-14)27(22,23)15-5-6-16-17(11-15)26-10-9-25-16/h3-6,8,11H,2,7,9-10,12-13H2,1H3,(H,19,21). The second kappa shape index (κ2) is 8.45. The molecule has 0 saturated heterocycles. The Bertz CT molecular complexity index is 879. The number of nitrogens with zero attached hydrogens (tertiary/aromatic N) is 1. The summed E-state index contributed by atoms with van der Waals surface area (Å²) in [6, 6.07) is 7.93. The summed E-state index contributed by atoms with van der Waals surface area (Å²) >= 11 is 0. The molecule has 0 spiro atoms. The van der Waals surface area contributed by atoms with E-state index in [1.807, 2.05) is 6.92 Å². The number of ether oxygens (including phenoxy) is 2. The van der Waals surface area contributed by atoms with Crippen LogP contribution in [0.2, 0.25) is 0 Å². The van der Waals surface area contributed by atoms with Crippen molar-refractivity contribution in [1.82, 2.24) is 9.62 Å². The number of fused-ring (bicyclic) bond motifs is 1. The summed E-state index contributed by atoms with van der Waals surface area (Å²) in [5.41, 5.74) is 0. The SMILES string of the molecule is CCCN(CC(=O)NCc1ccco1)S(=O)(=O)c1ccc2c(c1)OCCO2. The highest BCUT2D eigenvalue weighted by Gasteiger charge is 2.27. The van der Waals surface area contributed by atoms with Gasteiger partial charge in [0.2, 0.25) is 15.9 Å². The maximum atomic E-state index is 13.0. The van der Waals surface area contributed by atoms with Crippen LogP contribution in [0.25, 0.3) is 0 Å². The first-order valence-electron chi connectivity index (χ1n) is 8.69. The molecule has 0 unspecified atom stereocenters. The van der Waals surface area contributed by atoms with Gasteiger partial charge in [0.1, 0.15) is 19.0 Å². The van der Waals surface area contributed by atoms with Gasteiger partial charge in [-0.1, -0.05) is 6.92 Å². The molecular formula is C18H22N2O6S. The Morgan fingerprint density at radius 3 is 2.67 bits per heavy atom. The third kappa shape index (κ3) is 4.61. The Morgan fingerprint density at radius 1 is 1.19 bits per heavy atom. The van der Waals surface area contributed by atoms with Gasteiger partial charge in [-0.3, -0.25) is 4.79 Å². The van der Waals surface area contributed by atoms with E-state index >= 15 is 0 Å². The molecular weight excluding hydrogens is 372 g/mol. The zero-order valence-electron chi connectivity index (χ0n) is 15.0. The van der Waals surface area contributed by atoms with E-state index < -0.39 is 15.9 Å². The van der Waals surface area contributed by atoms with Gasteiger partial charge in [0.15, 0.2) is 11.5 Å². The molecule has 3 rings (SSSR count). The lowest BCUT2D eigenvalue weighted by atomic mass is 10.3. The van der Waals surface area contributed by atoms with E-state index in [0.29, 0.717) is 36.9 Å². The smallest absolute Gasteiger partial charge is 0.243 e. The average molecular weight is 394 g/mol. The van der Waals surface area contributed by atoms with Crippen LogP contribution in [0.4, 0.5) is 0 Å². The van der Waals surface area contributed by atoms with Crippen molar-refractivity contribution in [2.24, 2.45) is 0 Å². The van der Waals surface area contributed by atoms with Gasteiger partial charge < -0.3 is 19.2 Å². The molecule has 0 fully saturated rings. The van der Waals surface area contributed by atoms with Gasteiger partial charge in [-0.15, -0.1) is 0 Å². The number of hydrogen-bond acceptors (Lipinski definition) is 6. The quantitative estimate of drug-likeness (QED) is 0.733. The lowest BCUT2D eigenvalue weighted by Gasteiger charge is -2.23. The van der Waals surface area contributed by atoms with E-state index in [1.165, 1.54) is 18.4 Å². The largest absolute Gasteiger partial charge is 0.486 e. The van der Waals surface area contributed by atoms with E-state index in [0.717, 1.165) is 4.31 Å². The fraction of sp³-hybridized carbons (Fsp3) is 0.389. The van der Waals surface area contributed by atoms with E-state index in [1.54, 1.807) is 18.2 Å². The van der Waals surface area contributed by atoms with Crippen LogP contribution < -0.4 is 14.8 Å². The first-order valence-corrected chi connectivity index (χ1v) is 10.1. The molecule has 0 aliphatic carbocycles. The summed E-state index contributed by atoms with van der Waals surface area (Å²) in [5, 5.41) is 2.66. The highest BCUT2D eigenvalue weighted by molar-refractivity contribution is 7.89. The van der Waals surface area contributed by atoms with Crippen LogP contribution in [0, 0.1) is 0 Å². The summed E-state index contributed by atoms with van der Waals surface area (Å²) in [6.45, 7) is 2.81. The minimum Gasteiger partial charge on any atom is -0.486 e. The van der Waals surface area contributed by atoms with Crippen molar-refractivity contribution < 1.29 is 27.1 Å². The Hall–Kier alpha value is -2.52. The number of sulfonamides is 1. The number of nitrogens with one attached hydrogen (secondary N) is 1. The molecule has 27 heavy (non-hydrogen) atoms. The fourth-order valence-electron chi connectivity index (χ4n) is 2.68. The third-order valence-electron chi connectivity index (χ3n) is 3.98. The molecule has 2 heterocycles. The molecule has 2 aromatic rings. The van der Waals surface area contributed by atoms with Crippen LogP contribution in [-0.2, 0) is 21.4 Å². The monoisotopic (exact) mass is 394 g/mol. The van der Waals surface area contributed by atoms with Crippen LogP contribution in [0.5, 0.6) is 11.5 Å². The highest BCUT2D eigenvalue weighted by atomic mass is 32.2. The Kier molecular flexibility index (Phi) is 6.02. The van der Waals surface area contributed by atoms with Crippen molar-refractivity contribution in [1.29, 1.82) is 0 Å². The van der Waals surface area contributed by atoms with Gasteiger partial charge in [-0.05, 0) is 30.7 Å². The molecule has 1 aromatic carbocycles. The van der Waals surface area contributed by atoms with E-state index in [2.05, 4.69) is 5.32 Å². The molecule has 1 aromatic heterocycles. The summed E-state index contributed by atoms with van der Waals surface area (Å²) in [5.74, 6) is 1.10. The van der Waals surface area contributed by atoms with Crippen LogP contribution in [0.1, 0.15) is 19.1 Å². The Labute approximate surface area is 158 Å². The van der Waals surface area contributed by atoms with Crippen LogP contribution in [0.15, 0.2) is 45.9 Å². The number of amides is 1. The number of carbonyl (C=O) groups excluding carboxylic acids is 1.